The summed E-state index contributed by atoms with van der Waals surface area (Å²) in [5, 5.41) is 3.17. The van der Waals surface area contributed by atoms with Crippen molar-refractivity contribution in [2.45, 2.75) is 56.7 Å². The Morgan fingerprint density at radius 3 is 2.53 bits per heavy atom. The SMILES string of the molecule is COc1ccc(CN2CCC3(C2)C(=NC2CCCCC2)NC(=O)N3c2cccc(OC)c2)cc1. The molecular formula is C27H34N4O3. The summed E-state index contributed by atoms with van der Waals surface area (Å²) in [7, 11) is 3.34. The van der Waals surface area contributed by atoms with Gasteiger partial charge in [0.1, 0.15) is 22.9 Å². The van der Waals surface area contributed by atoms with Crippen molar-refractivity contribution in [3.05, 3.63) is 54.1 Å². The molecule has 2 heterocycles. The average molecular weight is 463 g/mol. The molecule has 3 fully saturated rings. The molecule has 5 rings (SSSR count). The van der Waals surface area contributed by atoms with Gasteiger partial charge in [0.2, 0.25) is 0 Å². The number of aliphatic imine (C=N–C) groups is 1. The second-order valence-electron chi connectivity index (χ2n) is 9.58. The Hall–Kier alpha value is -3.06. The first kappa shape index (κ1) is 22.7. The van der Waals surface area contributed by atoms with Crippen LogP contribution in [0.3, 0.4) is 0 Å². The summed E-state index contributed by atoms with van der Waals surface area (Å²) in [6.07, 6.45) is 6.75. The Morgan fingerprint density at radius 2 is 1.79 bits per heavy atom. The second-order valence-corrected chi connectivity index (χ2v) is 9.58. The van der Waals surface area contributed by atoms with E-state index in [4.69, 9.17) is 14.5 Å². The van der Waals surface area contributed by atoms with Gasteiger partial charge in [-0.2, -0.15) is 0 Å². The first-order valence-electron chi connectivity index (χ1n) is 12.3. The van der Waals surface area contributed by atoms with E-state index in [2.05, 4.69) is 22.3 Å². The minimum Gasteiger partial charge on any atom is -0.497 e. The summed E-state index contributed by atoms with van der Waals surface area (Å²) in [6.45, 7) is 2.45. The van der Waals surface area contributed by atoms with Crippen LogP contribution in [0.15, 0.2) is 53.5 Å². The fraction of sp³-hybridized carbons (Fsp3) is 0.481. The van der Waals surface area contributed by atoms with Crippen molar-refractivity contribution in [2.75, 3.05) is 32.2 Å². The number of amides is 2. The van der Waals surface area contributed by atoms with Gasteiger partial charge in [0.15, 0.2) is 0 Å². The van der Waals surface area contributed by atoms with Crippen molar-refractivity contribution in [1.82, 2.24) is 10.2 Å². The predicted molar refractivity (Wildman–Crippen MR) is 134 cm³/mol. The molecule has 1 aliphatic carbocycles. The fourth-order valence-corrected chi connectivity index (χ4v) is 5.60. The number of likely N-dealkylation sites (tertiary alicyclic amines) is 1. The lowest BCUT2D eigenvalue weighted by Crippen LogP contribution is -2.52. The molecule has 2 saturated heterocycles. The zero-order valence-corrected chi connectivity index (χ0v) is 20.1. The van der Waals surface area contributed by atoms with Crippen molar-refractivity contribution in [1.29, 1.82) is 0 Å². The zero-order chi connectivity index (χ0) is 23.5. The summed E-state index contributed by atoms with van der Waals surface area (Å²) < 4.78 is 10.8. The first-order chi connectivity index (χ1) is 16.6. The third-order valence-electron chi connectivity index (χ3n) is 7.39. The van der Waals surface area contributed by atoms with E-state index in [1.54, 1.807) is 14.2 Å². The van der Waals surface area contributed by atoms with Crippen LogP contribution < -0.4 is 19.7 Å². The third-order valence-corrected chi connectivity index (χ3v) is 7.39. The van der Waals surface area contributed by atoms with Gasteiger partial charge in [-0.25, -0.2) is 4.79 Å². The molecule has 0 bridgehead atoms. The van der Waals surface area contributed by atoms with Crippen LogP contribution in [0.1, 0.15) is 44.1 Å². The Morgan fingerprint density at radius 1 is 1.03 bits per heavy atom. The highest BCUT2D eigenvalue weighted by Gasteiger charge is 2.55. The quantitative estimate of drug-likeness (QED) is 0.681. The second kappa shape index (κ2) is 9.66. The maximum Gasteiger partial charge on any atom is 0.328 e. The lowest BCUT2D eigenvalue weighted by atomic mass is 9.93. The van der Waals surface area contributed by atoms with Gasteiger partial charge in [0.25, 0.3) is 0 Å². The topological polar surface area (TPSA) is 66.4 Å². The average Bonchev–Trinajstić information content (AvgIpc) is 3.40. The number of rotatable bonds is 6. The summed E-state index contributed by atoms with van der Waals surface area (Å²) in [5.41, 5.74) is 1.58. The van der Waals surface area contributed by atoms with E-state index >= 15 is 0 Å². The van der Waals surface area contributed by atoms with E-state index in [0.29, 0.717) is 6.04 Å². The molecule has 180 valence electrons. The van der Waals surface area contributed by atoms with Gasteiger partial charge in [-0.15, -0.1) is 0 Å². The number of urea groups is 1. The van der Waals surface area contributed by atoms with Crippen LogP contribution >= 0.6 is 0 Å². The maximum atomic E-state index is 13.4. The van der Waals surface area contributed by atoms with Gasteiger partial charge in [0.05, 0.1) is 25.9 Å². The molecule has 34 heavy (non-hydrogen) atoms. The van der Waals surface area contributed by atoms with Crippen LogP contribution in [0.5, 0.6) is 11.5 Å². The van der Waals surface area contributed by atoms with Gasteiger partial charge in [-0.3, -0.25) is 20.1 Å². The molecule has 0 radical (unpaired) electrons. The molecule has 7 nitrogen and oxygen atoms in total. The Kier molecular flexibility index (Phi) is 6.46. The molecule has 2 aromatic carbocycles. The van der Waals surface area contributed by atoms with Gasteiger partial charge in [-0.05, 0) is 49.1 Å². The molecule has 2 aliphatic heterocycles. The van der Waals surface area contributed by atoms with Crippen LogP contribution in [0, 0.1) is 0 Å². The largest absolute Gasteiger partial charge is 0.497 e. The number of ether oxygens (including phenoxy) is 2. The lowest BCUT2D eigenvalue weighted by Gasteiger charge is -2.34. The summed E-state index contributed by atoms with van der Waals surface area (Å²) in [4.78, 5) is 22.9. The lowest BCUT2D eigenvalue weighted by molar-refractivity contribution is 0.250. The highest BCUT2D eigenvalue weighted by molar-refractivity contribution is 6.19. The summed E-state index contributed by atoms with van der Waals surface area (Å²) in [6, 6.07) is 16.2. The Balaban J connectivity index is 1.46. The summed E-state index contributed by atoms with van der Waals surface area (Å²) in [5.74, 6) is 2.44. The Bertz CT molecular complexity index is 1050. The van der Waals surface area contributed by atoms with Crippen molar-refractivity contribution in [2.24, 2.45) is 4.99 Å². The summed E-state index contributed by atoms with van der Waals surface area (Å²) >= 11 is 0. The number of amidine groups is 1. The fourth-order valence-electron chi connectivity index (χ4n) is 5.60. The standard InChI is InChI=1S/C27H34N4O3/c1-33-23-13-11-20(12-14-23)18-30-16-15-27(19-30)25(28-21-7-4-3-5-8-21)29-26(32)31(27)22-9-6-10-24(17-22)34-2/h6,9-14,17,21H,3-5,7-8,15-16,18-19H2,1-2H3,(H,28,29,32). The van der Waals surface area contributed by atoms with Gasteiger partial charge < -0.3 is 9.47 Å². The van der Waals surface area contributed by atoms with Gasteiger partial charge in [0, 0.05) is 25.7 Å². The number of hydrogen-bond donors (Lipinski definition) is 1. The van der Waals surface area contributed by atoms with Gasteiger partial charge in [-0.1, -0.05) is 37.5 Å². The number of carbonyl (C=O) groups excluding carboxylic acids is 1. The number of methoxy groups -OCH3 is 2. The van der Waals surface area contributed by atoms with Crippen molar-refractivity contribution < 1.29 is 14.3 Å². The number of nitrogens with zero attached hydrogens (tertiary/aromatic N) is 3. The molecule has 2 amide bonds. The van der Waals surface area contributed by atoms with Crippen LogP contribution in [-0.2, 0) is 6.54 Å². The van der Waals surface area contributed by atoms with E-state index in [9.17, 15) is 4.79 Å². The van der Waals surface area contributed by atoms with Crippen LogP contribution in [0.25, 0.3) is 0 Å². The molecule has 3 aliphatic rings. The molecular weight excluding hydrogens is 428 g/mol. The molecule has 2 aromatic rings. The molecule has 1 unspecified atom stereocenters. The molecule has 0 aromatic heterocycles. The number of anilines is 1. The number of carbonyl (C=O) groups is 1. The van der Waals surface area contributed by atoms with E-state index < -0.39 is 5.54 Å². The Labute approximate surface area is 201 Å². The monoisotopic (exact) mass is 462 g/mol. The van der Waals surface area contributed by atoms with Crippen molar-refractivity contribution >= 4 is 17.6 Å². The molecule has 1 atom stereocenters. The third kappa shape index (κ3) is 4.37. The number of benzene rings is 2. The molecule has 7 heteroatoms. The van der Waals surface area contributed by atoms with E-state index in [-0.39, 0.29) is 6.03 Å². The predicted octanol–water partition coefficient (Wildman–Crippen LogP) is 4.61. The van der Waals surface area contributed by atoms with E-state index in [1.165, 1.54) is 24.8 Å². The van der Waals surface area contributed by atoms with E-state index in [1.807, 2.05) is 41.3 Å². The number of nitrogens with one attached hydrogen (secondary N) is 1. The van der Waals surface area contributed by atoms with Gasteiger partial charge >= 0.3 is 6.03 Å². The molecule has 1 saturated carbocycles. The minimum atomic E-state index is -0.493. The van der Waals surface area contributed by atoms with Crippen LogP contribution in [0.2, 0.25) is 0 Å². The number of hydrogen-bond acceptors (Lipinski definition) is 5. The molecule has 1 spiro atoms. The van der Waals surface area contributed by atoms with Crippen LogP contribution in [0.4, 0.5) is 10.5 Å². The smallest absolute Gasteiger partial charge is 0.328 e. The highest BCUT2D eigenvalue weighted by Crippen LogP contribution is 2.39. The minimum absolute atomic E-state index is 0.103. The maximum absolute atomic E-state index is 13.4. The normalized spacial score (nSPS) is 24.7. The first-order valence-corrected chi connectivity index (χ1v) is 12.3. The zero-order valence-electron chi connectivity index (χ0n) is 20.1. The van der Waals surface area contributed by atoms with E-state index in [0.717, 1.165) is 61.9 Å². The van der Waals surface area contributed by atoms with Crippen molar-refractivity contribution in [3.8, 4) is 11.5 Å². The van der Waals surface area contributed by atoms with Crippen LogP contribution in [-0.4, -0.2) is 55.7 Å². The molecule has 1 N–H and O–H groups in total. The highest BCUT2D eigenvalue weighted by atomic mass is 16.5. The van der Waals surface area contributed by atoms with Crippen molar-refractivity contribution in [3.63, 3.8) is 0 Å².